The Morgan fingerprint density at radius 3 is 2.40 bits per heavy atom. The van der Waals surface area contributed by atoms with E-state index in [1.807, 2.05) is 24.3 Å². The number of halogens is 2. The van der Waals surface area contributed by atoms with Gasteiger partial charge in [0.2, 0.25) is 0 Å². The Labute approximate surface area is 78.1 Å². The first kappa shape index (κ1) is 8.44. The second kappa shape index (κ2) is 4.27. The van der Waals surface area contributed by atoms with Gasteiger partial charge in [0.15, 0.2) is 0 Å². The monoisotopic (exact) mass is 236 g/mol. The molecule has 1 aromatic rings. The summed E-state index contributed by atoms with van der Waals surface area (Å²) in [7, 11) is 0. The Bertz CT molecular complexity index is 197. The van der Waals surface area contributed by atoms with Gasteiger partial charge in [-0.2, -0.15) is 0 Å². The summed E-state index contributed by atoms with van der Waals surface area (Å²) in [6.07, 6.45) is 0. The second-order valence-corrected chi connectivity index (χ2v) is 4.50. The molecule has 0 aliphatic heterocycles. The molecule has 0 saturated heterocycles. The van der Waals surface area contributed by atoms with Crippen molar-refractivity contribution in [2.24, 2.45) is 0 Å². The van der Waals surface area contributed by atoms with E-state index in [9.17, 15) is 0 Å². The molecule has 0 aliphatic rings. The van der Waals surface area contributed by atoms with Crippen LogP contribution in [0.5, 0.6) is 0 Å². The summed E-state index contributed by atoms with van der Waals surface area (Å²) in [6.45, 7) is 0. The summed E-state index contributed by atoms with van der Waals surface area (Å²) < 4.78 is 0.925. The number of thioether (sulfide) groups is 1. The topological polar surface area (TPSA) is 0 Å². The normalized spacial score (nSPS) is 9.80. The van der Waals surface area contributed by atoms with E-state index in [1.54, 1.807) is 11.8 Å². The standard InChI is InChI=1S/C7H6BrClS/c8-5-10-7-3-1-6(9)2-4-7/h1-4H,5H2. The molecule has 0 nitrogen and oxygen atoms in total. The van der Waals surface area contributed by atoms with Crippen LogP contribution in [0.1, 0.15) is 0 Å². The Kier molecular flexibility index (Phi) is 3.60. The molecule has 0 fully saturated rings. The fourth-order valence-electron chi connectivity index (χ4n) is 0.594. The highest BCUT2D eigenvalue weighted by molar-refractivity contribution is 9.11. The van der Waals surface area contributed by atoms with Gasteiger partial charge in [0, 0.05) is 9.92 Å². The van der Waals surface area contributed by atoms with Crippen LogP contribution in [0.15, 0.2) is 29.2 Å². The van der Waals surface area contributed by atoms with E-state index in [4.69, 9.17) is 11.6 Å². The fourth-order valence-corrected chi connectivity index (χ4v) is 1.97. The molecule has 0 amide bonds. The molecule has 3 heteroatoms. The highest BCUT2D eigenvalue weighted by Gasteiger charge is 1.90. The second-order valence-electron chi connectivity index (χ2n) is 1.71. The maximum absolute atomic E-state index is 5.69. The highest BCUT2D eigenvalue weighted by atomic mass is 79.9. The zero-order valence-electron chi connectivity index (χ0n) is 5.18. The highest BCUT2D eigenvalue weighted by Crippen LogP contribution is 2.21. The molecule has 0 unspecified atom stereocenters. The SMILES string of the molecule is Clc1ccc(SCBr)cc1. The van der Waals surface area contributed by atoms with Crippen LogP contribution in [0.2, 0.25) is 5.02 Å². The third kappa shape index (κ3) is 2.52. The molecule has 0 radical (unpaired) electrons. The Morgan fingerprint density at radius 1 is 1.30 bits per heavy atom. The summed E-state index contributed by atoms with van der Waals surface area (Å²) in [5, 5.41) is 0.791. The van der Waals surface area contributed by atoms with Crippen LogP contribution in [0.3, 0.4) is 0 Å². The minimum atomic E-state index is 0.791. The molecule has 54 valence electrons. The predicted molar refractivity (Wildman–Crippen MR) is 51.1 cm³/mol. The summed E-state index contributed by atoms with van der Waals surface area (Å²) in [6, 6.07) is 7.81. The molecule has 1 rings (SSSR count). The lowest BCUT2D eigenvalue weighted by Gasteiger charge is -1.95. The van der Waals surface area contributed by atoms with Crippen molar-refractivity contribution in [1.82, 2.24) is 0 Å². The average molecular weight is 238 g/mol. The third-order valence-electron chi connectivity index (χ3n) is 1.03. The van der Waals surface area contributed by atoms with E-state index < -0.39 is 0 Å². The Balaban J connectivity index is 2.69. The first-order valence-corrected chi connectivity index (χ1v) is 5.26. The zero-order valence-corrected chi connectivity index (χ0v) is 8.34. The summed E-state index contributed by atoms with van der Waals surface area (Å²) in [4.78, 5) is 1.24. The number of alkyl halides is 1. The van der Waals surface area contributed by atoms with Crippen molar-refractivity contribution < 1.29 is 0 Å². The van der Waals surface area contributed by atoms with Crippen LogP contribution in [-0.2, 0) is 0 Å². The largest absolute Gasteiger partial charge is 0.115 e. The molecule has 0 spiro atoms. The van der Waals surface area contributed by atoms with Crippen molar-refractivity contribution in [3.8, 4) is 0 Å². The van der Waals surface area contributed by atoms with Crippen molar-refractivity contribution in [2.45, 2.75) is 4.90 Å². The van der Waals surface area contributed by atoms with Crippen molar-refractivity contribution in [1.29, 1.82) is 0 Å². The van der Waals surface area contributed by atoms with E-state index >= 15 is 0 Å². The maximum Gasteiger partial charge on any atom is 0.0537 e. The molecule has 0 saturated carbocycles. The molecule has 0 N–H and O–H groups in total. The van der Waals surface area contributed by atoms with Gasteiger partial charge in [-0.05, 0) is 24.3 Å². The number of rotatable bonds is 2. The molecule has 0 atom stereocenters. The van der Waals surface area contributed by atoms with Gasteiger partial charge < -0.3 is 0 Å². The van der Waals surface area contributed by atoms with Crippen molar-refractivity contribution >= 4 is 39.3 Å². The predicted octanol–water partition coefficient (Wildman–Crippen LogP) is 3.78. The van der Waals surface area contributed by atoms with Crippen molar-refractivity contribution in [2.75, 3.05) is 4.66 Å². The van der Waals surface area contributed by atoms with Gasteiger partial charge in [-0.15, -0.1) is 11.8 Å². The van der Waals surface area contributed by atoms with Gasteiger partial charge in [0.25, 0.3) is 0 Å². The average Bonchev–Trinajstić information content (AvgIpc) is 1.95. The molecule has 0 heterocycles. The van der Waals surface area contributed by atoms with Gasteiger partial charge in [0.05, 0.1) is 4.66 Å². The van der Waals surface area contributed by atoms with E-state index in [0.29, 0.717) is 0 Å². The van der Waals surface area contributed by atoms with Gasteiger partial charge in [0.1, 0.15) is 0 Å². The minimum Gasteiger partial charge on any atom is -0.115 e. The zero-order chi connectivity index (χ0) is 7.40. The molecular weight excluding hydrogens is 232 g/mol. The quantitative estimate of drug-likeness (QED) is 0.557. The number of hydrogen-bond donors (Lipinski definition) is 0. The van der Waals surface area contributed by atoms with E-state index in [2.05, 4.69) is 15.9 Å². The van der Waals surface area contributed by atoms with Crippen LogP contribution in [0.25, 0.3) is 0 Å². The first-order chi connectivity index (χ1) is 4.83. The fraction of sp³-hybridized carbons (Fsp3) is 0.143. The van der Waals surface area contributed by atoms with Crippen molar-refractivity contribution in [3.05, 3.63) is 29.3 Å². The molecule has 10 heavy (non-hydrogen) atoms. The maximum atomic E-state index is 5.69. The summed E-state index contributed by atoms with van der Waals surface area (Å²) >= 11 is 10.8. The van der Waals surface area contributed by atoms with Gasteiger partial charge >= 0.3 is 0 Å². The third-order valence-corrected chi connectivity index (χ3v) is 2.69. The molecule has 0 bridgehead atoms. The van der Waals surface area contributed by atoms with Gasteiger partial charge in [-0.3, -0.25) is 0 Å². The summed E-state index contributed by atoms with van der Waals surface area (Å²) in [5.74, 6) is 0. The molecule has 1 aromatic carbocycles. The van der Waals surface area contributed by atoms with E-state index in [0.717, 1.165) is 9.68 Å². The summed E-state index contributed by atoms with van der Waals surface area (Å²) in [5.41, 5.74) is 0. The lowest BCUT2D eigenvalue weighted by molar-refractivity contribution is 1.47. The number of benzene rings is 1. The van der Waals surface area contributed by atoms with Crippen LogP contribution in [0, 0.1) is 0 Å². The Morgan fingerprint density at radius 2 is 1.90 bits per heavy atom. The Hall–Kier alpha value is 0.340. The van der Waals surface area contributed by atoms with Crippen LogP contribution >= 0.6 is 39.3 Å². The smallest absolute Gasteiger partial charge is 0.0537 e. The van der Waals surface area contributed by atoms with Crippen LogP contribution < -0.4 is 0 Å². The van der Waals surface area contributed by atoms with Crippen LogP contribution in [-0.4, -0.2) is 4.66 Å². The lowest BCUT2D eigenvalue weighted by atomic mass is 10.4. The molecule has 0 aliphatic carbocycles. The van der Waals surface area contributed by atoms with Gasteiger partial charge in [-0.1, -0.05) is 27.5 Å². The minimum absolute atomic E-state index is 0.791. The molecule has 0 aromatic heterocycles. The first-order valence-electron chi connectivity index (χ1n) is 2.77. The number of hydrogen-bond acceptors (Lipinski definition) is 1. The lowest BCUT2D eigenvalue weighted by Crippen LogP contribution is -1.68. The molecular formula is C7H6BrClS. The van der Waals surface area contributed by atoms with Crippen LogP contribution in [0.4, 0.5) is 0 Å². The van der Waals surface area contributed by atoms with E-state index in [1.165, 1.54) is 4.90 Å². The van der Waals surface area contributed by atoms with Gasteiger partial charge in [-0.25, -0.2) is 0 Å². The van der Waals surface area contributed by atoms with Crippen molar-refractivity contribution in [3.63, 3.8) is 0 Å². The van der Waals surface area contributed by atoms with E-state index in [-0.39, 0.29) is 0 Å².